The molecule has 0 amide bonds. The van der Waals surface area contributed by atoms with Crippen LogP contribution in [0.5, 0.6) is 0 Å². The summed E-state index contributed by atoms with van der Waals surface area (Å²) in [5.41, 5.74) is 0. The van der Waals surface area contributed by atoms with Crippen LogP contribution in [0.2, 0.25) is 0 Å². The molecule has 0 atom stereocenters. The fraction of sp³-hybridized carbons (Fsp3) is 1.00. The molecule has 1 aliphatic heterocycles. The van der Waals surface area contributed by atoms with E-state index in [4.69, 9.17) is 33.7 Å². The SMILES string of the molecule is FC(F)(F)C(F)(F)C(F)(F)COP1(Cl)=NP(Cl)(OCC(F)(F)C(F)(F)C(F)(F)F)=NP(Cl)(OCC(F)(F)C(F)(F)C(F)(F)F)=N1. The Balaban J connectivity index is 3.73. The minimum absolute atomic E-state index is 2.57. The maximum absolute atomic E-state index is 13.7. The summed E-state index contributed by atoms with van der Waals surface area (Å²) in [5.74, 6) is -40.4. The third-order valence-corrected chi connectivity index (χ3v) is 15.5. The summed E-state index contributed by atoms with van der Waals surface area (Å²) >= 11 is 16.1. The molecule has 270 valence electrons. The molecule has 45 heavy (non-hydrogen) atoms. The highest BCUT2D eigenvalue weighted by Crippen LogP contribution is 2.84. The van der Waals surface area contributed by atoms with Gasteiger partial charge in [0.05, 0.1) is 0 Å². The fourth-order valence-corrected chi connectivity index (χ4v) is 15.2. The molecule has 0 aromatic heterocycles. The van der Waals surface area contributed by atoms with Gasteiger partial charge in [-0.2, -0.15) is 106 Å². The van der Waals surface area contributed by atoms with Gasteiger partial charge in [-0.3, -0.25) is 0 Å². The molecular formula is C12H6Cl3F21N3O3P3. The fourth-order valence-electron chi connectivity index (χ4n) is 2.00. The van der Waals surface area contributed by atoms with Gasteiger partial charge >= 0.3 is 74.4 Å². The normalized spacial score (nSPS) is 26.7. The van der Waals surface area contributed by atoms with E-state index < -0.39 is 94.2 Å². The Hall–Kier alpha value is -0.0300. The number of hydrogen-bond donors (Lipinski definition) is 0. The first kappa shape index (κ1) is 43.0. The van der Waals surface area contributed by atoms with Gasteiger partial charge in [0, 0.05) is 0 Å². The monoisotopic (exact) mass is 837 g/mol. The van der Waals surface area contributed by atoms with Crippen molar-refractivity contribution in [3.63, 3.8) is 0 Å². The van der Waals surface area contributed by atoms with Gasteiger partial charge in [0.15, 0.2) is 0 Å². The highest BCUT2D eigenvalue weighted by atomic mass is 35.7. The Labute approximate surface area is 247 Å². The molecule has 1 aliphatic rings. The van der Waals surface area contributed by atoms with E-state index in [0.29, 0.717) is 0 Å². The maximum atomic E-state index is 13.7. The highest BCUT2D eigenvalue weighted by molar-refractivity contribution is 8.05. The van der Waals surface area contributed by atoms with E-state index in [9.17, 15) is 92.2 Å². The molecule has 1 rings (SSSR count). The van der Waals surface area contributed by atoms with Crippen molar-refractivity contribution < 1.29 is 106 Å². The van der Waals surface area contributed by atoms with Gasteiger partial charge < -0.3 is 13.6 Å². The number of nitrogens with zero attached hydrogens (tertiary/aromatic N) is 3. The van der Waals surface area contributed by atoms with E-state index in [1.807, 2.05) is 0 Å². The van der Waals surface area contributed by atoms with E-state index in [2.05, 4.69) is 27.1 Å². The van der Waals surface area contributed by atoms with E-state index in [-0.39, 0.29) is 0 Å². The van der Waals surface area contributed by atoms with Crippen LogP contribution in [0.3, 0.4) is 0 Å². The molecule has 0 unspecified atom stereocenters. The zero-order chi connectivity index (χ0) is 36.4. The summed E-state index contributed by atoms with van der Waals surface area (Å²) < 4.78 is 291. The standard InChI is InChI=1S/C12H6Cl3F21N3O3P3/c13-43(40-1-4(16,17)7(22,23)10(28,29)30)37-44(14,41-2-5(18,19)8(24,25)11(31,32)33)39-45(15,38-43)42-3-6(20,21)9(26,27)12(34,35)36/h1-3H2. The zero-order valence-electron chi connectivity index (χ0n) is 19.6. The van der Waals surface area contributed by atoms with Gasteiger partial charge in [-0.15, -0.1) is 0 Å². The van der Waals surface area contributed by atoms with Crippen LogP contribution in [-0.2, 0) is 13.6 Å². The number of alkyl halides is 21. The second kappa shape index (κ2) is 12.4. The average molecular weight is 838 g/mol. The topological polar surface area (TPSA) is 64.8 Å². The number of hydrogen-bond acceptors (Lipinski definition) is 6. The van der Waals surface area contributed by atoms with Crippen LogP contribution < -0.4 is 0 Å². The van der Waals surface area contributed by atoms with Crippen molar-refractivity contribution in [2.45, 2.75) is 54.1 Å². The summed E-state index contributed by atoms with van der Waals surface area (Å²) in [6.07, 6.45) is -21.2. The summed E-state index contributed by atoms with van der Waals surface area (Å²) in [5, 5.41) is 0. The van der Waals surface area contributed by atoms with Gasteiger partial charge in [0.1, 0.15) is 19.8 Å². The van der Waals surface area contributed by atoms with Crippen LogP contribution in [0.1, 0.15) is 0 Å². The van der Waals surface area contributed by atoms with E-state index in [1.165, 1.54) is 0 Å². The molecule has 0 aliphatic carbocycles. The second-order valence-corrected chi connectivity index (χ2v) is 17.6. The van der Waals surface area contributed by atoms with E-state index in [1.54, 1.807) is 0 Å². The molecule has 0 radical (unpaired) electrons. The first-order chi connectivity index (χ1) is 19.2. The van der Waals surface area contributed by atoms with Crippen molar-refractivity contribution in [1.29, 1.82) is 0 Å². The minimum atomic E-state index is -7.07. The molecule has 0 bridgehead atoms. The Morgan fingerprint density at radius 2 is 0.511 bits per heavy atom. The Bertz CT molecular complexity index is 1110. The van der Waals surface area contributed by atoms with Crippen molar-refractivity contribution in [1.82, 2.24) is 0 Å². The van der Waals surface area contributed by atoms with Gasteiger partial charge in [-0.1, -0.05) is 0 Å². The van der Waals surface area contributed by atoms with Gasteiger partial charge in [0.25, 0.3) is 0 Å². The summed E-state index contributed by atoms with van der Waals surface area (Å²) in [6, 6.07) is 0. The molecule has 0 saturated heterocycles. The highest BCUT2D eigenvalue weighted by Gasteiger charge is 2.75. The lowest BCUT2D eigenvalue weighted by Gasteiger charge is -2.32. The minimum Gasteiger partial charge on any atom is -0.309 e. The number of rotatable bonds is 12. The van der Waals surface area contributed by atoms with Gasteiger partial charge in [-0.25, -0.2) is 0 Å². The van der Waals surface area contributed by atoms with Crippen molar-refractivity contribution in [2.75, 3.05) is 19.8 Å². The molecule has 6 nitrogen and oxygen atoms in total. The van der Waals surface area contributed by atoms with Crippen LogP contribution in [-0.4, -0.2) is 73.9 Å². The predicted molar refractivity (Wildman–Crippen MR) is 111 cm³/mol. The molecule has 0 spiro atoms. The Morgan fingerprint density at radius 1 is 0.356 bits per heavy atom. The van der Waals surface area contributed by atoms with Crippen LogP contribution in [0, 0.1) is 0 Å². The molecular weight excluding hydrogens is 832 g/mol. The van der Waals surface area contributed by atoms with Gasteiger partial charge in [0.2, 0.25) is 0 Å². The van der Waals surface area contributed by atoms with Gasteiger partial charge in [-0.05, 0) is 33.7 Å². The lowest BCUT2D eigenvalue weighted by atomic mass is 10.2. The third kappa shape index (κ3) is 8.96. The Kier molecular flexibility index (Phi) is 11.8. The molecule has 0 saturated carbocycles. The van der Waals surface area contributed by atoms with Crippen molar-refractivity contribution >= 4 is 54.1 Å². The molecule has 1 heterocycles. The van der Waals surface area contributed by atoms with Crippen LogP contribution in [0.25, 0.3) is 0 Å². The molecule has 0 N–H and O–H groups in total. The quantitative estimate of drug-likeness (QED) is 0.145. The van der Waals surface area contributed by atoms with Crippen molar-refractivity contribution in [3.8, 4) is 0 Å². The zero-order valence-corrected chi connectivity index (χ0v) is 24.6. The molecule has 0 aromatic rings. The molecule has 0 aromatic carbocycles. The predicted octanol–water partition coefficient (Wildman–Crippen LogP) is 12.1. The van der Waals surface area contributed by atoms with E-state index >= 15 is 0 Å². The Morgan fingerprint density at radius 3 is 0.644 bits per heavy atom. The first-order valence-electron chi connectivity index (χ1n) is 9.65. The van der Waals surface area contributed by atoms with E-state index in [0.717, 1.165) is 0 Å². The molecule has 33 heteroatoms. The summed E-state index contributed by atoms with van der Waals surface area (Å²) in [7, 11) is 0. The first-order valence-corrected chi connectivity index (χ1v) is 17.2. The summed E-state index contributed by atoms with van der Waals surface area (Å²) in [6.45, 7) is -27.7. The smallest absolute Gasteiger partial charge is 0.309 e. The van der Waals surface area contributed by atoms with Crippen molar-refractivity contribution in [2.24, 2.45) is 13.5 Å². The maximum Gasteiger partial charge on any atom is 0.459 e. The van der Waals surface area contributed by atoms with Crippen LogP contribution >= 0.6 is 54.1 Å². The van der Waals surface area contributed by atoms with Crippen LogP contribution in [0.15, 0.2) is 13.5 Å². The number of halogens is 24. The molecule has 0 fully saturated rings. The lowest BCUT2D eigenvalue weighted by molar-refractivity contribution is -0.358. The van der Waals surface area contributed by atoms with Crippen molar-refractivity contribution in [3.05, 3.63) is 0 Å². The third-order valence-electron chi connectivity index (χ3n) is 4.34. The largest absolute Gasteiger partial charge is 0.459 e. The lowest BCUT2D eigenvalue weighted by Crippen LogP contribution is -2.54. The second-order valence-electron chi connectivity index (χ2n) is 7.84. The van der Waals surface area contributed by atoms with Crippen LogP contribution in [0.4, 0.5) is 92.2 Å². The summed E-state index contributed by atoms with van der Waals surface area (Å²) in [4.78, 5) is 0. The average Bonchev–Trinajstić information content (AvgIpc) is 2.77.